The Balaban J connectivity index is 1.66. The van der Waals surface area contributed by atoms with Crippen molar-refractivity contribution in [2.24, 2.45) is 0 Å². The van der Waals surface area contributed by atoms with Gasteiger partial charge >= 0.3 is 6.18 Å². The molecule has 0 spiro atoms. The summed E-state index contributed by atoms with van der Waals surface area (Å²) >= 11 is 0. The Morgan fingerprint density at radius 2 is 1.86 bits per heavy atom. The molecule has 3 aromatic rings. The number of amides is 1. The highest BCUT2D eigenvalue weighted by Gasteiger charge is 2.47. The largest absolute Gasteiger partial charge is 0.493 e. The number of methoxy groups -OCH3 is 2. The zero-order valence-electron chi connectivity index (χ0n) is 19.3. The molecule has 1 amide bonds. The Morgan fingerprint density at radius 3 is 2.46 bits per heavy atom. The second-order valence-electron chi connectivity index (χ2n) is 8.21. The fraction of sp³-hybridized carbons (Fsp3) is 0.333. The van der Waals surface area contributed by atoms with Gasteiger partial charge in [0.15, 0.2) is 17.5 Å². The predicted octanol–water partition coefficient (Wildman–Crippen LogP) is 4.87. The SMILES string of the molecule is COc1ccc([C@@H]2C[C@H](C(F)(F)F)n3ncc(C(=O)Nc4ccc([C@H](C)O)cc4)c3N2)cc1OC. The topological polar surface area (TPSA) is 97.6 Å². The molecule has 1 aromatic heterocycles. The number of halogens is 3. The minimum Gasteiger partial charge on any atom is -0.493 e. The number of anilines is 2. The quantitative estimate of drug-likeness (QED) is 0.456. The number of aromatic nitrogens is 2. The van der Waals surface area contributed by atoms with Crippen molar-refractivity contribution in [3.63, 3.8) is 0 Å². The first kappa shape index (κ1) is 24.4. The van der Waals surface area contributed by atoms with Crippen LogP contribution in [-0.4, -0.2) is 41.2 Å². The fourth-order valence-corrected chi connectivity index (χ4v) is 4.06. The molecule has 0 saturated carbocycles. The summed E-state index contributed by atoms with van der Waals surface area (Å²) in [6, 6.07) is 8.71. The smallest absolute Gasteiger partial charge is 0.410 e. The molecule has 1 aliphatic rings. The van der Waals surface area contributed by atoms with Crippen LogP contribution < -0.4 is 20.1 Å². The van der Waals surface area contributed by atoms with Gasteiger partial charge in [0.2, 0.25) is 0 Å². The van der Waals surface area contributed by atoms with E-state index in [4.69, 9.17) is 9.47 Å². The maximum atomic E-state index is 14.0. The van der Waals surface area contributed by atoms with E-state index < -0.39 is 30.3 Å². The van der Waals surface area contributed by atoms with E-state index in [0.717, 1.165) is 10.9 Å². The van der Waals surface area contributed by atoms with E-state index in [1.54, 1.807) is 49.4 Å². The van der Waals surface area contributed by atoms with E-state index in [-0.39, 0.29) is 17.8 Å². The van der Waals surface area contributed by atoms with Crippen LogP contribution in [0.1, 0.15) is 53.0 Å². The van der Waals surface area contributed by atoms with Crippen LogP contribution in [-0.2, 0) is 0 Å². The summed E-state index contributed by atoms with van der Waals surface area (Å²) < 4.78 is 53.3. The van der Waals surface area contributed by atoms with Gasteiger partial charge in [-0.1, -0.05) is 18.2 Å². The van der Waals surface area contributed by atoms with Crippen LogP contribution in [0.4, 0.5) is 24.7 Å². The molecule has 2 heterocycles. The highest BCUT2D eigenvalue weighted by molar-refractivity contribution is 6.07. The summed E-state index contributed by atoms with van der Waals surface area (Å²) in [6.07, 6.45) is -4.45. The van der Waals surface area contributed by atoms with E-state index in [9.17, 15) is 23.1 Å². The van der Waals surface area contributed by atoms with Gasteiger partial charge in [0, 0.05) is 12.1 Å². The zero-order chi connectivity index (χ0) is 25.3. The summed E-state index contributed by atoms with van der Waals surface area (Å²) in [4.78, 5) is 13.0. The average molecular weight is 490 g/mol. The van der Waals surface area contributed by atoms with Crippen molar-refractivity contribution < 1.29 is 32.5 Å². The molecule has 3 N–H and O–H groups in total. The van der Waals surface area contributed by atoms with Crippen LogP contribution in [0, 0.1) is 0 Å². The first-order valence-corrected chi connectivity index (χ1v) is 10.8. The lowest BCUT2D eigenvalue weighted by molar-refractivity contribution is -0.173. The number of hydrogen-bond donors (Lipinski definition) is 3. The fourth-order valence-electron chi connectivity index (χ4n) is 4.06. The summed E-state index contributed by atoms with van der Waals surface area (Å²) in [5.74, 6) is 0.188. The summed E-state index contributed by atoms with van der Waals surface area (Å²) in [6.45, 7) is 1.62. The van der Waals surface area contributed by atoms with Crippen LogP contribution >= 0.6 is 0 Å². The van der Waals surface area contributed by atoms with Crippen LogP contribution in [0.15, 0.2) is 48.7 Å². The number of ether oxygens (including phenoxy) is 2. The maximum Gasteiger partial charge on any atom is 0.410 e. The Morgan fingerprint density at radius 1 is 1.17 bits per heavy atom. The van der Waals surface area contributed by atoms with Crippen LogP contribution in [0.25, 0.3) is 0 Å². The second kappa shape index (κ2) is 9.49. The van der Waals surface area contributed by atoms with E-state index >= 15 is 0 Å². The van der Waals surface area contributed by atoms with E-state index in [2.05, 4.69) is 15.7 Å². The van der Waals surface area contributed by atoms with Gasteiger partial charge in [-0.25, -0.2) is 4.68 Å². The minimum absolute atomic E-state index is 0.0240. The van der Waals surface area contributed by atoms with Gasteiger partial charge in [-0.3, -0.25) is 4.79 Å². The molecule has 11 heteroatoms. The highest BCUT2D eigenvalue weighted by atomic mass is 19.4. The lowest BCUT2D eigenvalue weighted by Crippen LogP contribution is -2.36. The van der Waals surface area contributed by atoms with Gasteiger partial charge in [0.1, 0.15) is 11.4 Å². The summed E-state index contributed by atoms with van der Waals surface area (Å²) in [5.41, 5.74) is 1.62. The lowest BCUT2D eigenvalue weighted by Gasteiger charge is -2.34. The molecule has 8 nitrogen and oxygen atoms in total. The van der Waals surface area contributed by atoms with Gasteiger partial charge in [0.05, 0.1) is 32.6 Å². The van der Waals surface area contributed by atoms with Crippen molar-refractivity contribution in [3.8, 4) is 11.5 Å². The van der Waals surface area contributed by atoms with E-state index in [0.29, 0.717) is 28.3 Å². The predicted molar refractivity (Wildman–Crippen MR) is 123 cm³/mol. The van der Waals surface area contributed by atoms with Gasteiger partial charge in [-0.15, -0.1) is 0 Å². The van der Waals surface area contributed by atoms with Crippen molar-refractivity contribution in [1.82, 2.24) is 9.78 Å². The molecule has 35 heavy (non-hydrogen) atoms. The number of carbonyl (C=O) groups excluding carboxylic acids is 1. The molecule has 0 aliphatic carbocycles. The molecule has 2 aromatic carbocycles. The molecule has 0 radical (unpaired) electrons. The zero-order valence-corrected chi connectivity index (χ0v) is 19.3. The van der Waals surface area contributed by atoms with Crippen molar-refractivity contribution in [3.05, 3.63) is 65.4 Å². The van der Waals surface area contributed by atoms with Crippen molar-refractivity contribution in [1.29, 1.82) is 0 Å². The molecule has 0 bridgehead atoms. The molecule has 3 atom stereocenters. The third-order valence-corrected chi connectivity index (χ3v) is 5.94. The van der Waals surface area contributed by atoms with Crippen LogP contribution in [0.5, 0.6) is 11.5 Å². The highest BCUT2D eigenvalue weighted by Crippen LogP contribution is 2.45. The number of benzene rings is 2. The molecule has 0 saturated heterocycles. The number of nitrogens with zero attached hydrogens (tertiary/aromatic N) is 2. The summed E-state index contributed by atoms with van der Waals surface area (Å²) in [7, 11) is 2.91. The van der Waals surface area contributed by atoms with Gasteiger partial charge in [-0.05, 0) is 42.3 Å². The molecule has 0 unspecified atom stereocenters. The number of carbonyl (C=O) groups is 1. The summed E-state index contributed by atoms with van der Waals surface area (Å²) in [5, 5.41) is 19.3. The second-order valence-corrected chi connectivity index (χ2v) is 8.21. The van der Waals surface area contributed by atoms with Gasteiger partial charge in [0.25, 0.3) is 5.91 Å². The number of rotatable bonds is 6. The van der Waals surface area contributed by atoms with Gasteiger partial charge < -0.3 is 25.2 Å². The maximum absolute atomic E-state index is 14.0. The number of fused-ring (bicyclic) bond motifs is 1. The standard InChI is InChI=1S/C24H25F3N4O4/c1-13(32)14-4-7-16(8-5-14)29-23(33)17-12-28-31-21(24(25,26)27)11-18(30-22(17)31)15-6-9-19(34-2)20(10-15)35-3/h4-10,12-13,18,21,30,32H,11H2,1-3H3,(H,29,33)/t13-,18-,21+/m0/s1. The number of aliphatic hydroxyl groups excluding tert-OH is 1. The molecular weight excluding hydrogens is 465 g/mol. The number of hydrogen-bond acceptors (Lipinski definition) is 6. The van der Waals surface area contributed by atoms with Crippen molar-refractivity contribution in [2.45, 2.75) is 37.7 Å². The normalized spacial score (nSPS) is 18.3. The van der Waals surface area contributed by atoms with E-state index in [1.165, 1.54) is 14.2 Å². The van der Waals surface area contributed by atoms with Crippen LogP contribution in [0.3, 0.4) is 0 Å². The lowest BCUT2D eigenvalue weighted by atomic mass is 9.96. The van der Waals surface area contributed by atoms with Gasteiger partial charge in [-0.2, -0.15) is 18.3 Å². The molecule has 1 aliphatic heterocycles. The van der Waals surface area contributed by atoms with Crippen molar-refractivity contribution in [2.75, 3.05) is 24.9 Å². The Kier molecular flexibility index (Phi) is 6.62. The Labute approximate surface area is 199 Å². The first-order valence-electron chi connectivity index (χ1n) is 10.8. The Bertz CT molecular complexity index is 1210. The first-order chi connectivity index (χ1) is 16.6. The third-order valence-electron chi connectivity index (χ3n) is 5.94. The van der Waals surface area contributed by atoms with E-state index in [1.807, 2.05) is 0 Å². The number of nitrogens with one attached hydrogen (secondary N) is 2. The average Bonchev–Trinajstić information content (AvgIpc) is 3.26. The molecule has 186 valence electrons. The van der Waals surface area contributed by atoms with Crippen molar-refractivity contribution >= 4 is 17.4 Å². The molecule has 4 rings (SSSR count). The number of aliphatic hydroxyl groups is 1. The van der Waals surface area contributed by atoms with Crippen LogP contribution in [0.2, 0.25) is 0 Å². The third kappa shape index (κ3) is 4.90. The minimum atomic E-state index is -4.58. The molecular formula is C24H25F3N4O4. The molecule has 0 fully saturated rings. The monoisotopic (exact) mass is 490 g/mol. The Hall–Kier alpha value is -3.73. The number of alkyl halides is 3.